The molecule has 0 aliphatic carbocycles. The van der Waals surface area contributed by atoms with Crippen LogP contribution in [-0.2, 0) is 6.54 Å². The van der Waals surface area contributed by atoms with Crippen molar-refractivity contribution in [2.24, 2.45) is 4.99 Å². The maximum atomic E-state index is 12.1. The number of carbonyl (C=O) groups excluding carboxylic acids is 1. The zero-order valence-corrected chi connectivity index (χ0v) is 19.5. The number of benzene rings is 1. The minimum atomic E-state index is -0.185. The molecule has 6 nitrogen and oxygen atoms in total. The molecule has 0 bridgehead atoms. The van der Waals surface area contributed by atoms with Gasteiger partial charge in [0.15, 0.2) is 5.96 Å². The predicted molar refractivity (Wildman–Crippen MR) is 124 cm³/mol. The van der Waals surface area contributed by atoms with Gasteiger partial charge >= 0.3 is 0 Å². The molecule has 0 aliphatic heterocycles. The molecular formula is C18H25ClIN5OS. The van der Waals surface area contributed by atoms with E-state index in [2.05, 4.69) is 25.9 Å². The summed E-state index contributed by atoms with van der Waals surface area (Å²) in [6, 6.07) is 6.99. The lowest BCUT2D eigenvalue weighted by molar-refractivity contribution is 0.0954. The van der Waals surface area contributed by atoms with Crippen molar-refractivity contribution in [1.29, 1.82) is 0 Å². The summed E-state index contributed by atoms with van der Waals surface area (Å²) >= 11 is 7.69. The van der Waals surface area contributed by atoms with Crippen molar-refractivity contribution in [2.45, 2.75) is 27.3 Å². The number of guanidine groups is 1. The Morgan fingerprint density at radius 2 is 1.89 bits per heavy atom. The number of halogens is 2. The number of hydrogen-bond acceptors (Lipinski definition) is 4. The fourth-order valence-electron chi connectivity index (χ4n) is 2.31. The van der Waals surface area contributed by atoms with E-state index in [1.807, 2.05) is 20.8 Å². The van der Waals surface area contributed by atoms with Gasteiger partial charge in [-0.15, -0.1) is 35.3 Å². The van der Waals surface area contributed by atoms with E-state index in [-0.39, 0.29) is 29.9 Å². The second kappa shape index (κ2) is 12.1. The van der Waals surface area contributed by atoms with E-state index >= 15 is 0 Å². The molecule has 1 aromatic carbocycles. The van der Waals surface area contributed by atoms with Crippen LogP contribution < -0.4 is 16.0 Å². The molecule has 27 heavy (non-hydrogen) atoms. The van der Waals surface area contributed by atoms with Gasteiger partial charge < -0.3 is 16.0 Å². The number of aliphatic imine (C=N–C) groups is 1. The number of nitrogens with zero attached hydrogens (tertiary/aromatic N) is 2. The largest absolute Gasteiger partial charge is 0.357 e. The highest BCUT2D eigenvalue weighted by Gasteiger charge is 2.09. The standard InChI is InChI=1S/C18H24ClN5OS.HI/c1-4-20-18(23-11-16-12(2)24-13(3)26-16)22-10-9-21-17(25)14-7-5-6-8-15(14)19;/h5-8H,4,9-11H2,1-3H3,(H,21,25)(H2,20,22,23);1H. The summed E-state index contributed by atoms with van der Waals surface area (Å²) in [5.74, 6) is 0.528. The van der Waals surface area contributed by atoms with Gasteiger partial charge in [0.05, 0.1) is 27.8 Å². The molecular weight excluding hydrogens is 497 g/mol. The van der Waals surface area contributed by atoms with Crippen molar-refractivity contribution in [2.75, 3.05) is 19.6 Å². The van der Waals surface area contributed by atoms with Crippen LogP contribution in [0.4, 0.5) is 0 Å². The van der Waals surface area contributed by atoms with Crippen LogP contribution in [0.3, 0.4) is 0 Å². The fourth-order valence-corrected chi connectivity index (χ4v) is 3.39. The highest BCUT2D eigenvalue weighted by Crippen LogP contribution is 2.17. The monoisotopic (exact) mass is 521 g/mol. The molecule has 0 fully saturated rings. The average molecular weight is 522 g/mol. The number of nitrogens with one attached hydrogen (secondary N) is 3. The summed E-state index contributed by atoms with van der Waals surface area (Å²) in [6.45, 7) is 8.38. The summed E-state index contributed by atoms with van der Waals surface area (Å²) in [4.78, 5) is 22.3. The SMILES string of the molecule is CCNC(=NCc1sc(C)nc1C)NCCNC(=O)c1ccccc1Cl.I. The van der Waals surface area contributed by atoms with Crippen LogP contribution in [0.2, 0.25) is 5.02 Å². The molecule has 1 aromatic heterocycles. The third kappa shape index (κ3) is 7.63. The van der Waals surface area contributed by atoms with Crippen LogP contribution >= 0.6 is 46.9 Å². The molecule has 1 heterocycles. The topological polar surface area (TPSA) is 78.4 Å². The summed E-state index contributed by atoms with van der Waals surface area (Å²) in [5.41, 5.74) is 1.50. The maximum Gasteiger partial charge on any atom is 0.252 e. The molecule has 0 unspecified atom stereocenters. The molecule has 0 saturated heterocycles. The molecule has 2 aromatic rings. The number of aryl methyl sites for hydroxylation is 2. The minimum Gasteiger partial charge on any atom is -0.357 e. The highest BCUT2D eigenvalue weighted by molar-refractivity contribution is 14.0. The Morgan fingerprint density at radius 1 is 1.19 bits per heavy atom. The van der Waals surface area contributed by atoms with E-state index in [0.29, 0.717) is 36.2 Å². The van der Waals surface area contributed by atoms with Crippen molar-refractivity contribution in [3.8, 4) is 0 Å². The zero-order valence-electron chi connectivity index (χ0n) is 15.6. The quantitative estimate of drug-likeness (QED) is 0.225. The Morgan fingerprint density at radius 3 is 2.52 bits per heavy atom. The summed E-state index contributed by atoms with van der Waals surface area (Å²) in [7, 11) is 0. The van der Waals surface area contributed by atoms with Crippen LogP contribution in [0.15, 0.2) is 29.3 Å². The van der Waals surface area contributed by atoms with E-state index in [4.69, 9.17) is 11.6 Å². The van der Waals surface area contributed by atoms with Crippen LogP contribution in [0.1, 0.15) is 32.9 Å². The summed E-state index contributed by atoms with van der Waals surface area (Å²) in [5, 5.41) is 10.8. The van der Waals surface area contributed by atoms with E-state index in [0.717, 1.165) is 22.1 Å². The molecule has 0 aliphatic rings. The van der Waals surface area contributed by atoms with Crippen molar-refractivity contribution in [1.82, 2.24) is 20.9 Å². The Kier molecular flexibility index (Phi) is 10.6. The Labute approximate surface area is 186 Å². The average Bonchev–Trinajstić information content (AvgIpc) is 2.94. The first-order valence-electron chi connectivity index (χ1n) is 8.49. The smallest absolute Gasteiger partial charge is 0.252 e. The van der Waals surface area contributed by atoms with Crippen molar-refractivity contribution in [3.05, 3.63) is 50.4 Å². The van der Waals surface area contributed by atoms with Crippen molar-refractivity contribution in [3.63, 3.8) is 0 Å². The van der Waals surface area contributed by atoms with Gasteiger partial charge in [0.2, 0.25) is 0 Å². The molecule has 0 spiro atoms. The van der Waals surface area contributed by atoms with Gasteiger partial charge in [-0.2, -0.15) is 0 Å². The number of aromatic nitrogens is 1. The van der Waals surface area contributed by atoms with E-state index in [9.17, 15) is 4.79 Å². The second-order valence-corrected chi connectivity index (χ2v) is 7.29. The number of hydrogen-bond donors (Lipinski definition) is 3. The number of amides is 1. The lowest BCUT2D eigenvalue weighted by Gasteiger charge is -2.12. The first-order valence-corrected chi connectivity index (χ1v) is 9.68. The number of rotatable bonds is 7. The third-order valence-corrected chi connectivity index (χ3v) is 4.93. The highest BCUT2D eigenvalue weighted by atomic mass is 127. The Balaban J connectivity index is 0.00000364. The molecule has 0 saturated carbocycles. The Hall–Kier alpha value is -1.39. The molecule has 0 atom stereocenters. The van der Waals surface area contributed by atoms with Gasteiger partial charge in [-0.1, -0.05) is 23.7 Å². The third-order valence-electron chi connectivity index (χ3n) is 3.55. The maximum absolute atomic E-state index is 12.1. The lowest BCUT2D eigenvalue weighted by atomic mass is 10.2. The van der Waals surface area contributed by atoms with Crippen LogP contribution in [0.5, 0.6) is 0 Å². The van der Waals surface area contributed by atoms with Crippen LogP contribution in [-0.4, -0.2) is 36.5 Å². The molecule has 1 amide bonds. The van der Waals surface area contributed by atoms with E-state index in [1.54, 1.807) is 35.6 Å². The number of carbonyl (C=O) groups is 1. The molecule has 2 rings (SSSR count). The minimum absolute atomic E-state index is 0. The second-order valence-electron chi connectivity index (χ2n) is 5.60. The molecule has 9 heteroatoms. The van der Waals surface area contributed by atoms with Crippen LogP contribution in [0.25, 0.3) is 0 Å². The van der Waals surface area contributed by atoms with Crippen LogP contribution in [0, 0.1) is 13.8 Å². The fraction of sp³-hybridized carbons (Fsp3) is 0.389. The van der Waals surface area contributed by atoms with Crippen molar-refractivity contribution < 1.29 is 4.79 Å². The summed E-state index contributed by atoms with van der Waals surface area (Å²) in [6.07, 6.45) is 0. The van der Waals surface area contributed by atoms with Gasteiger partial charge in [0.1, 0.15) is 0 Å². The summed E-state index contributed by atoms with van der Waals surface area (Å²) < 4.78 is 0. The first kappa shape index (κ1) is 23.6. The lowest BCUT2D eigenvalue weighted by Crippen LogP contribution is -2.41. The van der Waals surface area contributed by atoms with Gasteiger partial charge in [-0.05, 0) is 32.9 Å². The zero-order chi connectivity index (χ0) is 18.9. The number of thiazole rings is 1. The van der Waals surface area contributed by atoms with Gasteiger partial charge in [0.25, 0.3) is 5.91 Å². The molecule has 0 radical (unpaired) electrons. The molecule has 3 N–H and O–H groups in total. The Bertz CT molecular complexity index is 781. The normalized spacial score (nSPS) is 10.9. The van der Waals surface area contributed by atoms with Gasteiger partial charge in [-0.3, -0.25) is 4.79 Å². The molecule has 148 valence electrons. The van der Waals surface area contributed by atoms with Gasteiger partial charge in [0, 0.05) is 24.5 Å². The predicted octanol–water partition coefficient (Wildman–Crippen LogP) is 3.52. The first-order chi connectivity index (χ1) is 12.5. The van der Waals surface area contributed by atoms with Crippen molar-refractivity contribution >= 4 is 58.8 Å². The van der Waals surface area contributed by atoms with E-state index in [1.165, 1.54) is 0 Å². The van der Waals surface area contributed by atoms with E-state index < -0.39 is 0 Å². The van der Waals surface area contributed by atoms with Gasteiger partial charge in [-0.25, -0.2) is 9.98 Å².